The fourth-order valence-electron chi connectivity index (χ4n) is 2.18. The number of furan rings is 1. The molecule has 0 aliphatic rings. The van der Waals surface area contributed by atoms with Crippen molar-refractivity contribution in [3.63, 3.8) is 0 Å². The highest BCUT2D eigenvalue weighted by Crippen LogP contribution is 2.30. The van der Waals surface area contributed by atoms with Crippen molar-refractivity contribution in [3.05, 3.63) is 36.1 Å². The molecule has 3 heteroatoms. The van der Waals surface area contributed by atoms with Crippen LogP contribution in [0.3, 0.4) is 0 Å². The second-order valence-electron chi connectivity index (χ2n) is 4.22. The Morgan fingerprint density at radius 1 is 1.24 bits per heavy atom. The molecule has 17 heavy (non-hydrogen) atoms. The van der Waals surface area contributed by atoms with E-state index >= 15 is 0 Å². The zero-order chi connectivity index (χ0) is 11.8. The molecule has 0 radical (unpaired) electrons. The van der Waals surface area contributed by atoms with Gasteiger partial charge in [-0.3, -0.25) is 0 Å². The van der Waals surface area contributed by atoms with E-state index in [2.05, 4.69) is 24.0 Å². The first-order valence-electron chi connectivity index (χ1n) is 5.86. The van der Waals surface area contributed by atoms with Crippen LogP contribution in [0.2, 0.25) is 0 Å². The molecule has 0 aliphatic heterocycles. The quantitative estimate of drug-likeness (QED) is 0.727. The molecule has 2 heterocycles. The smallest absolute Gasteiger partial charge is 0.176 e. The second-order valence-corrected chi connectivity index (χ2v) is 4.22. The monoisotopic (exact) mass is 226 g/mol. The summed E-state index contributed by atoms with van der Waals surface area (Å²) in [6.07, 6.45) is 1.99. The summed E-state index contributed by atoms with van der Waals surface area (Å²) in [7, 11) is 0. The van der Waals surface area contributed by atoms with Gasteiger partial charge in [0.1, 0.15) is 5.76 Å². The highest BCUT2D eigenvalue weighted by Gasteiger charge is 2.11. The van der Waals surface area contributed by atoms with Crippen molar-refractivity contribution < 1.29 is 4.42 Å². The lowest BCUT2D eigenvalue weighted by molar-refractivity contribution is 0.545. The number of aromatic nitrogens is 1. The number of nitrogens with two attached hydrogens (primary N) is 1. The number of hydrogen-bond donors (Lipinski definition) is 1. The number of para-hydroxylation sites is 1. The normalized spacial score (nSPS) is 11.4. The topological polar surface area (TPSA) is 52.0 Å². The molecule has 3 aromatic rings. The number of pyridine rings is 1. The molecule has 0 unspecified atom stereocenters. The summed E-state index contributed by atoms with van der Waals surface area (Å²) >= 11 is 0. The summed E-state index contributed by atoms with van der Waals surface area (Å²) in [5.74, 6) is 1.45. The summed E-state index contributed by atoms with van der Waals surface area (Å²) in [6.45, 7) is 2.13. The Morgan fingerprint density at radius 2 is 2.06 bits per heavy atom. The molecule has 0 spiro atoms. The molecular formula is C14H14N2O. The van der Waals surface area contributed by atoms with Gasteiger partial charge in [0, 0.05) is 17.2 Å². The Labute approximate surface area is 99.2 Å². The van der Waals surface area contributed by atoms with Crippen molar-refractivity contribution >= 4 is 27.7 Å². The molecule has 86 valence electrons. The highest BCUT2D eigenvalue weighted by molar-refractivity contribution is 6.07. The van der Waals surface area contributed by atoms with E-state index in [1.54, 1.807) is 0 Å². The van der Waals surface area contributed by atoms with Gasteiger partial charge in [0.25, 0.3) is 0 Å². The van der Waals surface area contributed by atoms with Crippen LogP contribution in [0, 0.1) is 0 Å². The zero-order valence-electron chi connectivity index (χ0n) is 9.73. The van der Waals surface area contributed by atoms with Crippen LogP contribution < -0.4 is 5.73 Å². The molecule has 0 fully saturated rings. The van der Waals surface area contributed by atoms with Crippen molar-refractivity contribution in [2.75, 3.05) is 5.73 Å². The maximum atomic E-state index is 5.93. The van der Waals surface area contributed by atoms with Crippen LogP contribution in [0.5, 0.6) is 0 Å². The first-order chi connectivity index (χ1) is 8.29. The molecule has 1 aromatic carbocycles. The summed E-state index contributed by atoms with van der Waals surface area (Å²) in [6, 6.07) is 10.1. The van der Waals surface area contributed by atoms with Gasteiger partial charge in [0.15, 0.2) is 11.4 Å². The minimum absolute atomic E-state index is 0.473. The third-order valence-corrected chi connectivity index (χ3v) is 2.95. The van der Waals surface area contributed by atoms with Crippen LogP contribution in [0.1, 0.15) is 19.1 Å². The molecule has 3 rings (SSSR count). The van der Waals surface area contributed by atoms with Crippen LogP contribution in [0.15, 0.2) is 34.7 Å². The third kappa shape index (κ3) is 1.55. The maximum absolute atomic E-state index is 5.93. The van der Waals surface area contributed by atoms with Crippen molar-refractivity contribution in [1.82, 2.24) is 4.98 Å². The maximum Gasteiger partial charge on any atom is 0.176 e. The average Bonchev–Trinajstić information content (AvgIpc) is 2.74. The van der Waals surface area contributed by atoms with Gasteiger partial charge < -0.3 is 10.2 Å². The second kappa shape index (κ2) is 3.77. The van der Waals surface area contributed by atoms with E-state index in [0.717, 1.165) is 34.9 Å². The minimum Gasteiger partial charge on any atom is -0.457 e. The van der Waals surface area contributed by atoms with Crippen molar-refractivity contribution in [2.24, 2.45) is 0 Å². The number of fused-ring (bicyclic) bond motifs is 3. The van der Waals surface area contributed by atoms with E-state index in [4.69, 9.17) is 10.2 Å². The Morgan fingerprint density at radius 3 is 2.88 bits per heavy atom. The lowest BCUT2D eigenvalue weighted by Crippen LogP contribution is -1.91. The molecular weight excluding hydrogens is 212 g/mol. The SMILES string of the molecule is CCCc1cc2c(o1)c(N)nc1ccccc12. The Bertz CT molecular complexity index is 685. The third-order valence-electron chi connectivity index (χ3n) is 2.95. The Balaban J connectivity index is 2.39. The van der Waals surface area contributed by atoms with Crippen LogP contribution in [-0.4, -0.2) is 4.98 Å². The fraction of sp³-hybridized carbons (Fsp3) is 0.214. The molecule has 2 N–H and O–H groups in total. The largest absolute Gasteiger partial charge is 0.457 e. The van der Waals surface area contributed by atoms with Crippen molar-refractivity contribution in [2.45, 2.75) is 19.8 Å². The van der Waals surface area contributed by atoms with E-state index in [1.165, 1.54) is 0 Å². The van der Waals surface area contributed by atoms with Gasteiger partial charge >= 0.3 is 0 Å². The van der Waals surface area contributed by atoms with Gasteiger partial charge in [-0.25, -0.2) is 4.98 Å². The highest BCUT2D eigenvalue weighted by atomic mass is 16.3. The molecule has 0 atom stereocenters. The molecule has 2 aromatic heterocycles. The number of aryl methyl sites for hydroxylation is 1. The van der Waals surface area contributed by atoms with Crippen molar-refractivity contribution in [3.8, 4) is 0 Å². The summed E-state index contributed by atoms with van der Waals surface area (Å²) in [4.78, 5) is 4.36. The fourth-order valence-corrected chi connectivity index (χ4v) is 2.18. The zero-order valence-corrected chi connectivity index (χ0v) is 9.73. The molecule has 3 nitrogen and oxygen atoms in total. The number of benzene rings is 1. The van der Waals surface area contributed by atoms with Crippen LogP contribution >= 0.6 is 0 Å². The first-order valence-corrected chi connectivity index (χ1v) is 5.86. The molecule has 0 bridgehead atoms. The van der Waals surface area contributed by atoms with Gasteiger partial charge in [-0.2, -0.15) is 0 Å². The van der Waals surface area contributed by atoms with E-state index < -0.39 is 0 Å². The first kappa shape index (κ1) is 10.1. The van der Waals surface area contributed by atoms with E-state index in [9.17, 15) is 0 Å². The number of hydrogen-bond acceptors (Lipinski definition) is 3. The van der Waals surface area contributed by atoms with E-state index in [-0.39, 0.29) is 0 Å². The molecule has 0 aliphatic carbocycles. The van der Waals surface area contributed by atoms with Gasteiger partial charge in [0.2, 0.25) is 0 Å². The van der Waals surface area contributed by atoms with E-state index in [0.29, 0.717) is 11.4 Å². The van der Waals surface area contributed by atoms with Gasteiger partial charge in [-0.1, -0.05) is 25.1 Å². The molecule has 0 amide bonds. The predicted molar refractivity (Wildman–Crippen MR) is 69.9 cm³/mol. The van der Waals surface area contributed by atoms with Gasteiger partial charge in [-0.05, 0) is 18.6 Å². The lowest BCUT2D eigenvalue weighted by atomic mass is 10.1. The minimum atomic E-state index is 0.473. The number of rotatable bonds is 2. The van der Waals surface area contributed by atoms with Gasteiger partial charge in [0.05, 0.1) is 5.52 Å². The molecule has 0 saturated carbocycles. The van der Waals surface area contributed by atoms with Crippen molar-refractivity contribution in [1.29, 1.82) is 0 Å². The Kier molecular flexibility index (Phi) is 2.25. The van der Waals surface area contributed by atoms with Gasteiger partial charge in [-0.15, -0.1) is 0 Å². The summed E-state index contributed by atoms with van der Waals surface area (Å²) in [5, 5.41) is 2.17. The summed E-state index contributed by atoms with van der Waals surface area (Å²) < 4.78 is 5.76. The number of anilines is 1. The number of nitrogens with zero attached hydrogens (tertiary/aromatic N) is 1. The summed E-state index contributed by atoms with van der Waals surface area (Å²) in [5.41, 5.74) is 7.56. The van der Waals surface area contributed by atoms with Crippen LogP contribution in [0.25, 0.3) is 21.9 Å². The molecule has 0 saturated heterocycles. The average molecular weight is 226 g/mol. The Hall–Kier alpha value is -2.03. The predicted octanol–water partition coefficient (Wildman–Crippen LogP) is 3.52. The standard InChI is InChI=1S/C14H14N2O/c1-2-5-9-8-11-10-6-3-4-7-12(10)16-14(15)13(11)17-9/h3-4,6-8H,2,5H2,1H3,(H2,15,16). The number of nitrogen functional groups attached to an aromatic ring is 1. The van der Waals surface area contributed by atoms with Crippen LogP contribution in [-0.2, 0) is 6.42 Å². The van der Waals surface area contributed by atoms with Crippen LogP contribution in [0.4, 0.5) is 5.82 Å². The lowest BCUT2D eigenvalue weighted by Gasteiger charge is -1.99. The van der Waals surface area contributed by atoms with E-state index in [1.807, 2.05) is 18.2 Å².